The van der Waals surface area contributed by atoms with Crippen LogP contribution in [0, 0.1) is 0 Å². The molecule has 0 atom stereocenters. The third kappa shape index (κ3) is 4.67. The molecule has 0 aromatic heterocycles. The minimum absolute atomic E-state index is 0. The molecule has 0 aliphatic rings. The van der Waals surface area contributed by atoms with Crippen LogP contribution in [0.15, 0.2) is 0 Å². The van der Waals surface area contributed by atoms with E-state index in [-0.39, 0.29) is 45.5 Å². The van der Waals surface area contributed by atoms with Gasteiger partial charge in [-0.3, -0.25) is 0 Å². The van der Waals surface area contributed by atoms with Gasteiger partial charge in [0.2, 0.25) is 0 Å². The molecule has 0 N–H and O–H groups in total. The topological polar surface area (TPSA) is 114 Å². The summed E-state index contributed by atoms with van der Waals surface area (Å²) in [6, 6.07) is 0. The van der Waals surface area contributed by atoms with Crippen molar-refractivity contribution < 1.29 is 25.9 Å². The van der Waals surface area contributed by atoms with Crippen molar-refractivity contribution in [2.75, 3.05) is 0 Å². The Morgan fingerprint density at radius 2 is 0.889 bits per heavy atom. The summed E-state index contributed by atoms with van der Waals surface area (Å²) in [4.78, 5) is 0. The first-order valence-corrected chi connectivity index (χ1v) is 4.50. The SMILES string of the molecule is O=S(=O)([O-])S(=O)(=O)[O-].[Sr+2]. The molecule has 0 aliphatic carbocycles. The summed E-state index contributed by atoms with van der Waals surface area (Å²) in [7, 11) is -11.3. The Kier molecular flexibility index (Phi) is 5.20. The zero-order valence-corrected chi connectivity index (χ0v) is 9.08. The van der Waals surface area contributed by atoms with Gasteiger partial charge in [0.05, 0.1) is 0 Å². The smallest absolute Gasteiger partial charge is 0.736 e. The summed E-state index contributed by atoms with van der Waals surface area (Å²) < 4.78 is 55.2. The van der Waals surface area contributed by atoms with Crippen LogP contribution in [0.25, 0.3) is 0 Å². The largest absolute Gasteiger partial charge is 2.00 e. The molecule has 50 valence electrons. The maximum absolute atomic E-state index is 9.20. The van der Waals surface area contributed by atoms with Gasteiger partial charge in [0.25, 0.3) is 0 Å². The van der Waals surface area contributed by atoms with Gasteiger partial charge in [0.15, 0.2) is 18.3 Å². The molecule has 0 amide bonds. The minimum atomic E-state index is -5.67. The second-order valence-corrected chi connectivity index (χ2v) is 4.90. The molecule has 0 aromatic carbocycles. The van der Waals surface area contributed by atoms with Crippen molar-refractivity contribution in [3.8, 4) is 0 Å². The normalized spacial score (nSPS) is 12.2. The molecule has 0 radical (unpaired) electrons. The Hall–Kier alpha value is 1.30. The van der Waals surface area contributed by atoms with Crippen LogP contribution in [-0.2, 0) is 18.3 Å². The molecule has 0 fully saturated rings. The molecule has 9 heteroatoms. The van der Waals surface area contributed by atoms with E-state index in [2.05, 4.69) is 0 Å². The molecule has 0 aromatic rings. The summed E-state index contributed by atoms with van der Waals surface area (Å²) in [5.74, 6) is 0. The number of hydrogen-bond acceptors (Lipinski definition) is 6. The van der Waals surface area contributed by atoms with E-state index in [9.17, 15) is 25.9 Å². The van der Waals surface area contributed by atoms with Crippen LogP contribution in [-0.4, -0.2) is 71.4 Å². The van der Waals surface area contributed by atoms with Crippen molar-refractivity contribution in [2.45, 2.75) is 0 Å². The van der Waals surface area contributed by atoms with Gasteiger partial charge in [-0.15, -0.1) is 0 Å². The quantitative estimate of drug-likeness (QED) is 0.290. The number of rotatable bonds is 1. The maximum atomic E-state index is 9.20. The van der Waals surface area contributed by atoms with Crippen molar-refractivity contribution in [2.24, 2.45) is 0 Å². The molecule has 0 bridgehead atoms. The second kappa shape index (κ2) is 3.62. The molecule has 0 spiro atoms. The van der Waals surface area contributed by atoms with Crippen molar-refractivity contribution in [3.05, 3.63) is 0 Å². The van der Waals surface area contributed by atoms with E-state index in [4.69, 9.17) is 0 Å². The first-order chi connectivity index (χ1) is 3.25. The average molecular weight is 248 g/mol. The van der Waals surface area contributed by atoms with Crippen LogP contribution in [0.5, 0.6) is 0 Å². The predicted molar refractivity (Wildman–Crippen MR) is 25.1 cm³/mol. The van der Waals surface area contributed by atoms with E-state index in [1.54, 1.807) is 0 Å². The van der Waals surface area contributed by atoms with Gasteiger partial charge in [-0.2, -0.15) is 0 Å². The van der Waals surface area contributed by atoms with E-state index < -0.39 is 18.3 Å². The fraction of sp³-hybridized carbons (Fsp3) is 0. The van der Waals surface area contributed by atoms with Crippen molar-refractivity contribution >= 4 is 63.8 Å². The summed E-state index contributed by atoms with van der Waals surface area (Å²) in [5, 5.41) is 0. The third-order valence-corrected chi connectivity index (χ3v) is 2.25. The van der Waals surface area contributed by atoms with Gasteiger partial charge >= 0.3 is 45.5 Å². The molecule has 0 heterocycles. The summed E-state index contributed by atoms with van der Waals surface area (Å²) in [6.45, 7) is 0. The third-order valence-electron chi connectivity index (χ3n) is 0.250. The van der Waals surface area contributed by atoms with Gasteiger partial charge in [-0.1, -0.05) is 0 Å². The molecular weight excluding hydrogens is 248 g/mol. The van der Waals surface area contributed by atoms with E-state index in [1.807, 2.05) is 0 Å². The monoisotopic (exact) mass is 248 g/mol. The van der Waals surface area contributed by atoms with E-state index in [1.165, 1.54) is 0 Å². The molecule has 0 rings (SSSR count). The molecule has 0 aliphatic heterocycles. The number of hydrogen-bond donors (Lipinski definition) is 0. The Labute approximate surface area is 88.4 Å². The molecule has 0 saturated carbocycles. The van der Waals surface area contributed by atoms with E-state index >= 15 is 0 Å². The predicted octanol–water partition coefficient (Wildman–Crippen LogP) is -2.39. The molecular formula is O6S2Sr. The van der Waals surface area contributed by atoms with Crippen LogP contribution >= 0.6 is 0 Å². The Morgan fingerprint density at radius 1 is 0.778 bits per heavy atom. The Bertz CT molecular complexity index is 223. The van der Waals surface area contributed by atoms with Crippen molar-refractivity contribution in [1.82, 2.24) is 0 Å². The fourth-order valence-corrected chi connectivity index (χ4v) is 0. The molecule has 0 unspecified atom stereocenters. The zero-order chi connectivity index (χ0) is 7.00. The summed E-state index contributed by atoms with van der Waals surface area (Å²) in [5.41, 5.74) is 0. The second-order valence-electron chi connectivity index (χ2n) is 0.816. The maximum Gasteiger partial charge on any atom is 2.00 e. The van der Waals surface area contributed by atoms with E-state index in [0.717, 1.165) is 0 Å². The first kappa shape index (κ1) is 12.9. The van der Waals surface area contributed by atoms with Crippen LogP contribution in [0.4, 0.5) is 0 Å². The van der Waals surface area contributed by atoms with Gasteiger partial charge < -0.3 is 9.11 Å². The van der Waals surface area contributed by atoms with Crippen LogP contribution in [0.3, 0.4) is 0 Å². The first-order valence-electron chi connectivity index (χ1n) is 1.17. The molecule has 9 heavy (non-hydrogen) atoms. The Balaban J connectivity index is 0. The van der Waals surface area contributed by atoms with Crippen LogP contribution in [0.1, 0.15) is 0 Å². The minimum Gasteiger partial charge on any atom is -0.736 e. The van der Waals surface area contributed by atoms with Crippen molar-refractivity contribution in [3.63, 3.8) is 0 Å². The van der Waals surface area contributed by atoms with Gasteiger partial charge in [-0.25, -0.2) is 16.8 Å². The standard InChI is InChI=1S/H2O6S2.Sr/c1-7(2,3)8(4,5)6;/h(H,1,2,3)(H,4,5,6);/q;+2/p-2. The molecule has 6 nitrogen and oxygen atoms in total. The summed E-state index contributed by atoms with van der Waals surface area (Å²) in [6.07, 6.45) is 0. The fourth-order valence-electron chi connectivity index (χ4n) is 0. The zero-order valence-electron chi connectivity index (χ0n) is 3.97. The summed E-state index contributed by atoms with van der Waals surface area (Å²) >= 11 is 0. The van der Waals surface area contributed by atoms with Crippen LogP contribution in [0.2, 0.25) is 0 Å². The van der Waals surface area contributed by atoms with Crippen LogP contribution < -0.4 is 0 Å². The molecule has 0 saturated heterocycles. The van der Waals surface area contributed by atoms with Gasteiger partial charge in [0.1, 0.15) is 0 Å². The van der Waals surface area contributed by atoms with Crippen molar-refractivity contribution in [1.29, 1.82) is 0 Å². The van der Waals surface area contributed by atoms with Gasteiger partial charge in [-0.05, 0) is 0 Å². The van der Waals surface area contributed by atoms with Gasteiger partial charge in [0, 0.05) is 0 Å². The Morgan fingerprint density at radius 3 is 0.889 bits per heavy atom. The average Bonchev–Trinajstić information content (AvgIpc) is 1.25. The van der Waals surface area contributed by atoms with E-state index in [0.29, 0.717) is 0 Å².